The minimum Gasteiger partial charge on any atom is -0.356 e. The van der Waals surface area contributed by atoms with E-state index in [1.54, 1.807) is 24.5 Å². The molecule has 5 nitrogen and oxygen atoms in total. The number of hydrogen-bond donors (Lipinski definition) is 2. The number of rotatable bonds is 5. The highest BCUT2D eigenvalue weighted by Gasteiger charge is 2.20. The number of nitrogens with zero attached hydrogens (tertiary/aromatic N) is 2. The second kappa shape index (κ2) is 9.83. The normalized spacial score (nSPS) is 13.9. The summed E-state index contributed by atoms with van der Waals surface area (Å²) in [6.07, 6.45) is 3.23. The number of nitrogens with one attached hydrogen (secondary N) is 2. The second-order valence-electron chi connectivity index (χ2n) is 4.85. The SMILES string of the molecule is C=CCNC(=NC)NCCC(=O)N1CCc2sccc2C1.I. The van der Waals surface area contributed by atoms with Gasteiger partial charge < -0.3 is 15.5 Å². The van der Waals surface area contributed by atoms with E-state index in [2.05, 4.69) is 33.7 Å². The number of carbonyl (C=O) groups is 1. The Morgan fingerprint density at radius 2 is 2.36 bits per heavy atom. The van der Waals surface area contributed by atoms with Gasteiger partial charge in [-0.05, 0) is 23.4 Å². The maximum atomic E-state index is 12.2. The third-order valence-corrected chi connectivity index (χ3v) is 4.45. The summed E-state index contributed by atoms with van der Waals surface area (Å²) < 4.78 is 0. The summed E-state index contributed by atoms with van der Waals surface area (Å²) in [7, 11) is 1.71. The van der Waals surface area contributed by atoms with E-state index in [0.717, 1.165) is 19.5 Å². The summed E-state index contributed by atoms with van der Waals surface area (Å²) in [5, 5.41) is 8.32. The van der Waals surface area contributed by atoms with Crippen molar-refractivity contribution in [1.29, 1.82) is 0 Å². The van der Waals surface area contributed by atoms with Gasteiger partial charge in [-0.2, -0.15) is 0 Å². The highest BCUT2D eigenvalue weighted by molar-refractivity contribution is 14.0. The molecule has 2 N–H and O–H groups in total. The van der Waals surface area contributed by atoms with Gasteiger partial charge in [0.2, 0.25) is 5.91 Å². The molecular formula is C15H23IN4OS. The average Bonchev–Trinajstić information content (AvgIpc) is 2.97. The smallest absolute Gasteiger partial charge is 0.224 e. The molecule has 2 rings (SSSR count). The van der Waals surface area contributed by atoms with Gasteiger partial charge in [0.1, 0.15) is 0 Å². The number of amides is 1. The number of fused-ring (bicyclic) bond motifs is 1. The summed E-state index contributed by atoms with van der Waals surface area (Å²) in [5.74, 6) is 0.889. The molecule has 122 valence electrons. The minimum atomic E-state index is 0. The number of hydrogen-bond acceptors (Lipinski definition) is 3. The molecule has 1 aliphatic rings. The minimum absolute atomic E-state index is 0. The lowest BCUT2D eigenvalue weighted by molar-refractivity contribution is -0.131. The van der Waals surface area contributed by atoms with Crippen LogP contribution >= 0.6 is 35.3 Å². The van der Waals surface area contributed by atoms with Crippen LogP contribution in [-0.2, 0) is 17.8 Å². The van der Waals surface area contributed by atoms with Gasteiger partial charge in [0.25, 0.3) is 0 Å². The molecule has 1 aromatic heterocycles. The molecule has 1 amide bonds. The van der Waals surface area contributed by atoms with Gasteiger partial charge in [-0.1, -0.05) is 6.08 Å². The standard InChI is InChI=1S/C15H22N4OS.HI/c1-3-7-17-15(16-2)18-8-4-14(20)19-9-5-13-12(11-19)6-10-21-13;/h3,6,10H,1,4-5,7-9,11H2,2H3,(H2,16,17,18);1H. The van der Waals surface area contributed by atoms with Gasteiger partial charge in [0.05, 0.1) is 0 Å². The molecular weight excluding hydrogens is 411 g/mol. The van der Waals surface area contributed by atoms with Gasteiger partial charge in [0.15, 0.2) is 5.96 Å². The maximum Gasteiger partial charge on any atom is 0.224 e. The molecule has 0 aromatic carbocycles. The van der Waals surface area contributed by atoms with Crippen LogP contribution in [0.15, 0.2) is 29.1 Å². The van der Waals surface area contributed by atoms with Crippen LogP contribution in [0.1, 0.15) is 16.9 Å². The largest absolute Gasteiger partial charge is 0.356 e. The first-order valence-electron chi connectivity index (χ1n) is 7.13. The molecule has 22 heavy (non-hydrogen) atoms. The Kier molecular flexibility index (Phi) is 8.47. The third-order valence-electron chi connectivity index (χ3n) is 3.43. The Morgan fingerprint density at radius 3 is 3.09 bits per heavy atom. The average molecular weight is 434 g/mol. The zero-order valence-corrected chi connectivity index (χ0v) is 15.9. The van der Waals surface area contributed by atoms with E-state index in [9.17, 15) is 4.79 Å². The van der Waals surface area contributed by atoms with Crippen LogP contribution in [0.5, 0.6) is 0 Å². The molecule has 7 heteroatoms. The van der Waals surface area contributed by atoms with E-state index >= 15 is 0 Å². The van der Waals surface area contributed by atoms with Crippen molar-refractivity contribution in [2.24, 2.45) is 4.99 Å². The number of guanidine groups is 1. The lowest BCUT2D eigenvalue weighted by Gasteiger charge is -2.27. The van der Waals surface area contributed by atoms with Crippen LogP contribution in [0.3, 0.4) is 0 Å². The van der Waals surface area contributed by atoms with Crippen LogP contribution < -0.4 is 10.6 Å². The molecule has 0 unspecified atom stereocenters. The van der Waals surface area contributed by atoms with E-state index in [1.165, 1.54) is 10.4 Å². The quantitative estimate of drug-likeness (QED) is 0.323. The van der Waals surface area contributed by atoms with Gasteiger partial charge in [-0.25, -0.2) is 0 Å². The molecule has 0 bridgehead atoms. The first kappa shape index (κ1) is 19.0. The van der Waals surface area contributed by atoms with Crippen LogP contribution in [0.2, 0.25) is 0 Å². The third kappa shape index (κ3) is 5.28. The van der Waals surface area contributed by atoms with Gasteiger partial charge in [-0.15, -0.1) is 41.9 Å². The van der Waals surface area contributed by atoms with Crippen LogP contribution in [0.4, 0.5) is 0 Å². The summed E-state index contributed by atoms with van der Waals surface area (Å²) in [6, 6.07) is 2.12. The van der Waals surface area contributed by atoms with Crippen molar-refractivity contribution in [1.82, 2.24) is 15.5 Å². The van der Waals surface area contributed by atoms with E-state index in [1.807, 2.05) is 4.90 Å². The van der Waals surface area contributed by atoms with E-state index < -0.39 is 0 Å². The van der Waals surface area contributed by atoms with E-state index in [0.29, 0.717) is 25.5 Å². The lowest BCUT2D eigenvalue weighted by Crippen LogP contribution is -2.41. The van der Waals surface area contributed by atoms with Crippen molar-refractivity contribution >= 4 is 47.2 Å². The molecule has 0 saturated carbocycles. The summed E-state index contributed by atoms with van der Waals surface area (Å²) >= 11 is 1.79. The molecule has 1 aliphatic heterocycles. The summed E-state index contributed by atoms with van der Waals surface area (Å²) in [5.41, 5.74) is 1.30. The fraction of sp³-hybridized carbons (Fsp3) is 0.467. The zero-order valence-electron chi connectivity index (χ0n) is 12.8. The Labute approximate surface area is 152 Å². The Morgan fingerprint density at radius 1 is 1.55 bits per heavy atom. The molecule has 0 atom stereocenters. The van der Waals surface area contributed by atoms with Crippen molar-refractivity contribution in [2.45, 2.75) is 19.4 Å². The van der Waals surface area contributed by atoms with Crippen LogP contribution in [0, 0.1) is 0 Å². The molecule has 2 heterocycles. The van der Waals surface area contributed by atoms with Crippen molar-refractivity contribution < 1.29 is 4.79 Å². The van der Waals surface area contributed by atoms with Crippen molar-refractivity contribution in [3.8, 4) is 0 Å². The zero-order chi connectivity index (χ0) is 15.1. The first-order chi connectivity index (χ1) is 10.2. The number of aliphatic imine (C=N–C) groups is 1. The number of thiophene rings is 1. The fourth-order valence-corrected chi connectivity index (χ4v) is 3.19. The fourth-order valence-electron chi connectivity index (χ4n) is 2.30. The molecule has 0 fully saturated rings. The topological polar surface area (TPSA) is 56.7 Å². The van der Waals surface area contributed by atoms with E-state index in [4.69, 9.17) is 0 Å². The highest BCUT2D eigenvalue weighted by atomic mass is 127. The van der Waals surface area contributed by atoms with E-state index in [-0.39, 0.29) is 29.9 Å². The number of halogens is 1. The van der Waals surface area contributed by atoms with Crippen molar-refractivity contribution in [3.63, 3.8) is 0 Å². The van der Waals surface area contributed by atoms with Crippen molar-refractivity contribution in [2.75, 3.05) is 26.7 Å². The van der Waals surface area contributed by atoms with Gasteiger partial charge in [0, 0.05) is 44.5 Å². The molecule has 1 aromatic rings. The number of carbonyl (C=O) groups excluding carboxylic acids is 1. The van der Waals surface area contributed by atoms with Crippen LogP contribution in [0.25, 0.3) is 0 Å². The van der Waals surface area contributed by atoms with Gasteiger partial charge >= 0.3 is 0 Å². The summed E-state index contributed by atoms with van der Waals surface area (Å²) in [4.78, 5) is 19.7. The second-order valence-corrected chi connectivity index (χ2v) is 5.85. The first-order valence-corrected chi connectivity index (χ1v) is 8.01. The lowest BCUT2D eigenvalue weighted by atomic mass is 10.1. The van der Waals surface area contributed by atoms with Crippen LogP contribution in [-0.4, -0.2) is 43.4 Å². The highest BCUT2D eigenvalue weighted by Crippen LogP contribution is 2.24. The Balaban J connectivity index is 0.00000242. The Bertz CT molecular complexity index is 529. The molecule has 0 spiro atoms. The maximum absolute atomic E-state index is 12.2. The Hall–Kier alpha value is -1.09. The molecule has 0 saturated heterocycles. The molecule has 0 radical (unpaired) electrons. The van der Waals surface area contributed by atoms with Gasteiger partial charge in [-0.3, -0.25) is 9.79 Å². The molecule has 0 aliphatic carbocycles. The predicted molar refractivity (Wildman–Crippen MR) is 103 cm³/mol. The summed E-state index contributed by atoms with van der Waals surface area (Å²) in [6.45, 7) is 6.47. The van der Waals surface area contributed by atoms with Crippen molar-refractivity contribution in [3.05, 3.63) is 34.5 Å². The monoisotopic (exact) mass is 434 g/mol. The predicted octanol–water partition coefficient (Wildman–Crippen LogP) is 1.99.